The number of unbranched alkanes of at least 4 members (excludes halogenated alkanes) is 1. The second kappa shape index (κ2) is 5.87. The lowest BCUT2D eigenvalue weighted by molar-refractivity contribution is 0.0732. The van der Waals surface area contributed by atoms with Gasteiger partial charge in [0, 0.05) is 38.1 Å². The minimum atomic E-state index is 0.112. The first-order valence-corrected chi connectivity index (χ1v) is 6.39. The molecule has 0 atom stereocenters. The Labute approximate surface area is 108 Å². The van der Waals surface area contributed by atoms with Crippen LogP contribution in [0.3, 0.4) is 0 Å². The van der Waals surface area contributed by atoms with Crippen molar-refractivity contribution in [1.29, 1.82) is 0 Å². The van der Waals surface area contributed by atoms with Crippen molar-refractivity contribution in [3.05, 3.63) is 29.3 Å². The SMILES string of the molecule is COCCCCN1CCc2ccc(N)cc2C1=O. The van der Waals surface area contributed by atoms with E-state index in [0.717, 1.165) is 50.1 Å². The highest BCUT2D eigenvalue weighted by atomic mass is 16.5. The summed E-state index contributed by atoms with van der Waals surface area (Å²) in [6, 6.07) is 5.62. The fourth-order valence-electron chi connectivity index (χ4n) is 2.30. The minimum Gasteiger partial charge on any atom is -0.399 e. The van der Waals surface area contributed by atoms with Gasteiger partial charge in [-0.05, 0) is 37.0 Å². The largest absolute Gasteiger partial charge is 0.399 e. The maximum absolute atomic E-state index is 12.3. The van der Waals surface area contributed by atoms with Crippen LogP contribution in [0.4, 0.5) is 5.69 Å². The minimum absolute atomic E-state index is 0.112. The first-order chi connectivity index (χ1) is 8.72. The molecule has 4 nitrogen and oxygen atoms in total. The summed E-state index contributed by atoms with van der Waals surface area (Å²) in [5.41, 5.74) is 8.28. The molecule has 0 spiro atoms. The van der Waals surface area contributed by atoms with Gasteiger partial charge in [-0.15, -0.1) is 0 Å². The van der Waals surface area contributed by atoms with E-state index in [1.807, 2.05) is 17.0 Å². The van der Waals surface area contributed by atoms with E-state index in [-0.39, 0.29) is 5.91 Å². The van der Waals surface area contributed by atoms with Gasteiger partial charge in [-0.1, -0.05) is 6.07 Å². The molecule has 1 aromatic rings. The Bertz CT molecular complexity index is 432. The smallest absolute Gasteiger partial charge is 0.254 e. The summed E-state index contributed by atoms with van der Waals surface area (Å²) < 4.78 is 5.01. The van der Waals surface area contributed by atoms with Crippen molar-refractivity contribution in [1.82, 2.24) is 4.90 Å². The van der Waals surface area contributed by atoms with Crippen molar-refractivity contribution in [3.63, 3.8) is 0 Å². The van der Waals surface area contributed by atoms with Gasteiger partial charge in [0.2, 0.25) is 0 Å². The summed E-state index contributed by atoms with van der Waals surface area (Å²) in [6.45, 7) is 2.37. The van der Waals surface area contributed by atoms with Crippen LogP contribution in [0.5, 0.6) is 0 Å². The lowest BCUT2D eigenvalue weighted by Gasteiger charge is -2.28. The number of fused-ring (bicyclic) bond motifs is 1. The zero-order chi connectivity index (χ0) is 13.0. The summed E-state index contributed by atoms with van der Waals surface area (Å²) >= 11 is 0. The topological polar surface area (TPSA) is 55.6 Å². The molecule has 2 N–H and O–H groups in total. The number of carbonyl (C=O) groups excluding carboxylic acids is 1. The van der Waals surface area contributed by atoms with Crippen LogP contribution in [0.1, 0.15) is 28.8 Å². The molecule has 0 unspecified atom stereocenters. The van der Waals surface area contributed by atoms with Crippen molar-refractivity contribution < 1.29 is 9.53 Å². The third-order valence-corrected chi connectivity index (χ3v) is 3.33. The molecule has 0 bridgehead atoms. The van der Waals surface area contributed by atoms with Crippen molar-refractivity contribution in [2.45, 2.75) is 19.3 Å². The number of nitrogen functional groups attached to an aromatic ring is 1. The summed E-state index contributed by atoms with van der Waals surface area (Å²) in [6.07, 6.45) is 2.90. The van der Waals surface area contributed by atoms with Crippen LogP contribution in [0.15, 0.2) is 18.2 Å². The highest BCUT2D eigenvalue weighted by molar-refractivity contribution is 5.97. The molecule has 0 radical (unpaired) electrons. The molecule has 0 fully saturated rings. The van der Waals surface area contributed by atoms with Crippen LogP contribution in [-0.4, -0.2) is 37.6 Å². The van der Waals surface area contributed by atoms with E-state index in [0.29, 0.717) is 5.69 Å². The Balaban J connectivity index is 1.99. The molecule has 18 heavy (non-hydrogen) atoms. The van der Waals surface area contributed by atoms with Gasteiger partial charge in [0.05, 0.1) is 0 Å². The number of nitrogens with zero attached hydrogens (tertiary/aromatic N) is 1. The zero-order valence-electron chi connectivity index (χ0n) is 10.8. The van der Waals surface area contributed by atoms with Crippen LogP contribution in [0.25, 0.3) is 0 Å². The van der Waals surface area contributed by atoms with Gasteiger partial charge in [-0.3, -0.25) is 4.79 Å². The maximum Gasteiger partial charge on any atom is 0.254 e. The number of anilines is 1. The highest BCUT2D eigenvalue weighted by Crippen LogP contribution is 2.21. The predicted octanol–water partition coefficient (Wildman–Crippen LogP) is 1.69. The molecule has 1 aliphatic rings. The average Bonchev–Trinajstić information content (AvgIpc) is 2.38. The summed E-state index contributed by atoms with van der Waals surface area (Å²) in [4.78, 5) is 14.2. The summed E-state index contributed by atoms with van der Waals surface area (Å²) in [7, 11) is 1.70. The first kappa shape index (κ1) is 12.9. The van der Waals surface area contributed by atoms with E-state index in [2.05, 4.69) is 0 Å². The Morgan fingerprint density at radius 2 is 2.22 bits per heavy atom. The molecule has 4 heteroatoms. The molecular formula is C14H20N2O2. The fourth-order valence-corrected chi connectivity index (χ4v) is 2.30. The van der Waals surface area contributed by atoms with Gasteiger partial charge < -0.3 is 15.4 Å². The van der Waals surface area contributed by atoms with Gasteiger partial charge in [0.1, 0.15) is 0 Å². The molecule has 0 aliphatic carbocycles. The maximum atomic E-state index is 12.3. The average molecular weight is 248 g/mol. The summed E-state index contributed by atoms with van der Waals surface area (Å²) in [5.74, 6) is 0.112. The van der Waals surface area contributed by atoms with Crippen LogP contribution < -0.4 is 5.73 Å². The van der Waals surface area contributed by atoms with Crippen molar-refractivity contribution in [2.24, 2.45) is 0 Å². The molecule has 0 saturated carbocycles. The second-order valence-corrected chi connectivity index (χ2v) is 4.66. The Hall–Kier alpha value is -1.55. The number of hydrogen-bond donors (Lipinski definition) is 1. The molecule has 1 aliphatic heterocycles. The molecule has 2 rings (SSSR count). The van der Waals surface area contributed by atoms with Gasteiger partial charge in [-0.2, -0.15) is 0 Å². The molecule has 0 saturated heterocycles. The number of carbonyl (C=O) groups is 1. The van der Waals surface area contributed by atoms with Gasteiger partial charge in [-0.25, -0.2) is 0 Å². The van der Waals surface area contributed by atoms with Gasteiger partial charge in [0.15, 0.2) is 0 Å². The van der Waals surface area contributed by atoms with E-state index >= 15 is 0 Å². The molecule has 0 aromatic heterocycles. The number of nitrogens with two attached hydrogens (primary N) is 1. The predicted molar refractivity (Wildman–Crippen MR) is 71.6 cm³/mol. The Kier molecular flexibility index (Phi) is 4.20. The number of amides is 1. The standard InChI is InChI=1S/C14H20N2O2/c1-18-9-3-2-7-16-8-6-11-4-5-12(15)10-13(11)14(16)17/h4-5,10H,2-3,6-9,15H2,1H3. The Morgan fingerprint density at radius 3 is 3.00 bits per heavy atom. The fraction of sp³-hybridized carbons (Fsp3) is 0.500. The van der Waals surface area contributed by atoms with Crippen molar-refractivity contribution in [2.75, 3.05) is 32.5 Å². The molecule has 1 amide bonds. The molecule has 1 aromatic carbocycles. The van der Waals surface area contributed by atoms with E-state index in [9.17, 15) is 4.79 Å². The van der Waals surface area contributed by atoms with Crippen LogP contribution in [-0.2, 0) is 11.2 Å². The normalized spacial score (nSPS) is 14.7. The monoisotopic (exact) mass is 248 g/mol. The number of rotatable bonds is 5. The van der Waals surface area contributed by atoms with E-state index < -0.39 is 0 Å². The number of hydrogen-bond acceptors (Lipinski definition) is 3. The van der Waals surface area contributed by atoms with Crippen molar-refractivity contribution >= 4 is 11.6 Å². The van der Waals surface area contributed by atoms with Crippen LogP contribution in [0, 0.1) is 0 Å². The van der Waals surface area contributed by atoms with E-state index in [4.69, 9.17) is 10.5 Å². The van der Waals surface area contributed by atoms with E-state index in [1.54, 1.807) is 13.2 Å². The second-order valence-electron chi connectivity index (χ2n) is 4.66. The number of ether oxygens (including phenoxy) is 1. The third-order valence-electron chi connectivity index (χ3n) is 3.33. The quantitative estimate of drug-likeness (QED) is 0.637. The van der Waals surface area contributed by atoms with Gasteiger partial charge >= 0.3 is 0 Å². The number of benzene rings is 1. The van der Waals surface area contributed by atoms with Gasteiger partial charge in [0.25, 0.3) is 5.91 Å². The number of methoxy groups -OCH3 is 1. The molecule has 98 valence electrons. The Morgan fingerprint density at radius 1 is 1.39 bits per heavy atom. The first-order valence-electron chi connectivity index (χ1n) is 6.39. The lowest BCUT2D eigenvalue weighted by Crippen LogP contribution is -2.38. The van der Waals surface area contributed by atoms with E-state index in [1.165, 1.54) is 0 Å². The molecular weight excluding hydrogens is 228 g/mol. The van der Waals surface area contributed by atoms with Crippen LogP contribution >= 0.6 is 0 Å². The van der Waals surface area contributed by atoms with Crippen LogP contribution in [0.2, 0.25) is 0 Å². The molecule has 1 heterocycles. The lowest BCUT2D eigenvalue weighted by atomic mass is 9.98. The summed E-state index contributed by atoms with van der Waals surface area (Å²) in [5, 5.41) is 0. The third kappa shape index (κ3) is 2.82. The zero-order valence-corrected chi connectivity index (χ0v) is 10.8. The highest BCUT2D eigenvalue weighted by Gasteiger charge is 2.23. The van der Waals surface area contributed by atoms with Crippen molar-refractivity contribution in [3.8, 4) is 0 Å².